The van der Waals surface area contributed by atoms with Gasteiger partial charge in [0, 0.05) is 30.9 Å². The van der Waals surface area contributed by atoms with Crippen molar-refractivity contribution in [1.82, 2.24) is 24.1 Å². The van der Waals surface area contributed by atoms with Crippen molar-refractivity contribution in [2.75, 3.05) is 0 Å². The standard InChI is InChI=1S/C9H7N5O/c15-9(13-3-1-10-6-13)7-5-8-11-2-4-14(8)12-7/h1-6,12H. The molecule has 0 saturated heterocycles. The summed E-state index contributed by atoms with van der Waals surface area (Å²) >= 11 is 0. The lowest BCUT2D eigenvalue weighted by Crippen LogP contribution is -2.10. The molecule has 0 atom stereocenters. The Hall–Kier alpha value is -2.37. The number of hydrogen-bond donors (Lipinski definition) is 1. The third kappa shape index (κ3) is 1.15. The summed E-state index contributed by atoms with van der Waals surface area (Å²) in [6, 6.07) is 1.70. The maximum Gasteiger partial charge on any atom is 0.281 e. The molecule has 0 spiro atoms. The molecule has 0 amide bonds. The Morgan fingerprint density at radius 3 is 3.00 bits per heavy atom. The molecule has 74 valence electrons. The largest absolute Gasteiger partial charge is 0.287 e. The Labute approximate surface area is 84.2 Å². The van der Waals surface area contributed by atoms with Crippen molar-refractivity contribution in [3.8, 4) is 0 Å². The third-order valence-corrected chi connectivity index (χ3v) is 2.15. The van der Waals surface area contributed by atoms with Crippen LogP contribution in [0.15, 0.2) is 37.2 Å². The molecular formula is C9H7N5O. The van der Waals surface area contributed by atoms with Crippen LogP contribution in [0.2, 0.25) is 0 Å². The van der Waals surface area contributed by atoms with Crippen molar-refractivity contribution >= 4 is 11.6 Å². The minimum absolute atomic E-state index is 0.155. The first kappa shape index (κ1) is 7.98. The Morgan fingerprint density at radius 1 is 1.33 bits per heavy atom. The van der Waals surface area contributed by atoms with Crippen LogP contribution < -0.4 is 0 Å². The second-order valence-electron chi connectivity index (χ2n) is 3.10. The summed E-state index contributed by atoms with van der Waals surface area (Å²) in [6.45, 7) is 0. The summed E-state index contributed by atoms with van der Waals surface area (Å²) in [5.41, 5.74) is 1.20. The molecule has 0 bridgehead atoms. The molecule has 3 rings (SSSR count). The highest BCUT2D eigenvalue weighted by Gasteiger charge is 2.11. The molecule has 0 radical (unpaired) electrons. The van der Waals surface area contributed by atoms with Crippen molar-refractivity contribution in [2.24, 2.45) is 0 Å². The van der Waals surface area contributed by atoms with Crippen LogP contribution >= 0.6 is 0 Å². The second-order valence-corrected chi connectivity index (χ2v) is 3.10. The highest BCUT2D eigenvalue weighted by molar-refractivity contribution is 5.94. The number of nitrogens with one attached hydrogen (secondary N) is 1. The van der Waals surface area contributed by atoms with Gasteiger partial charge in [-0.2, -0.15) is 0 Å². The number of rotatable bonds is 1. The molecule has 0 saturated carbocycles. The van der Waals surface area contributed by atoms with E-state index in [9.17, 15) is 4.79 Å². The van der Waals surface area contributed by atoms with E-state index < -0.39 is 0 Å². The van der Waals surface area contributed by atoms with Crippen LogP contribution in [0.3, 0.4) is 0 Å². The van der Waals surface area contributed by atoms with Crippen LogP contribution in [-0.2, 0) is 0 Å². The highest BCUT2D eigenvalue weighted by Crippen LogP contribution is 2.05. The maximum absolute atomic E-state index is 11.8. The van der Waals surface area contributed by atoms with Crippen molar-refractivity contribution in [2.45, 2.75) is 0 Å². The number of carbonyl (C=O) groups excluding carboxylic acids is 1. The first-order chi connectivity index (χ1) is 7.34. The van der Waals surface area contributed by atoms with Gasteiger partial charge in [0.2, 0.25) is 0 Å². The molecule has 0 unspecified atom stereocenters. The predicted octanol–water partition coefficient (Wildman–Crippen LogP) is 0.547. The van der Waals surface area contributed by atoms with Crippen molar-refractivity contribution in [1.29, 1.82) is 0 Å². The van der Waals surface area contributed by atoms with Crippen LogP contribution in [0, 0.1) is 0 Å². The number of nitrogens with zero attached hydrogens (tertiary/aromatic N) is 4. The summed E-state index contributed by atoms with van der Waals surface area (Å²) in [4.78, 5) is 19.7. The molecule has 6 nitrogen and oxygen atoms in total. The number of aromatic amines is 1. The summed E-state index contributed by atoms with van der Waals surface area (Å²) in [7, 11) is 0. The van der Waals surface area contributed by atoms with Gasteiger partial charge in [0.1, 0.15) is 12.0 Å². The zero-order chi connectivity index (χ0) is 10.3. The van der Waals surface area contributed by atoms with Crippen LogP contribution in [0.4, 0.5) is 0 Å². The van der Waals surface area contributed by atoms with Gasteiger partial charge >= 0.3 is 0 Å². The van der Waals surface area contributed by atoms with Gasteiger partial charge < -0.3 is 0 Å². The predicted molar refractivity (Wildman–Crippen MR) is 51.5 cm³/mol. The monoisotopic (exact) mass is 201 g/mol. The first-order valence-electron chi connectivity index (χ1n) is 4.39. The summed E-state index contributed by atoms with van der Waals surface area (Å²) < 4.78 is 3.09. The number of aromatic nitrogens is 5. The smallest absolute Gasteiger partial charge is 0.281 e. The first-order valence-corrected chi connectivity index (χ1v) is 4.39. The van der Waals surface area contributed by atoms with Gasteiger partial charge in [-0.3, -0.25) is 14.5 Å². The molecule has 0 aliphatic rings. The molecule has 3 aromatic rings. The number of fused-ring (bicyclic) bond motifs is 1. The molecule has 3 heterocycles. The van der Waals surface area contributed by atoms with Gasteiger partial charge in [0.05, 0.1) is 0 Å². The van der Waals surface area contributed by atoms with E-state index in [4.69, 9.17) is 0 Å². The van der Waals surface area contributed by atoms with Crippen LogP contribution in [0.25, 0.3) is 5.65 Å². The van der Waals surface area contributed by atoms with Crippen LogP contribution in [0.1, 0.15) is 10.5 Å². The molecule has 15 heavy (non-hydrogen) atoms. The van der Waals surface area contributed by atoms with Gasteiger partial charge in [0.25, 0.3) is 5.91 Å². The normalized spacial score (nSPS) is 10.9. The van der Waals surface area contributed by atoms with E-state index in [1.54, 1.807) is 35.4 Å². The lowest BCUT2D eigenvalue weighted by atomic mass is 10.4. The van der Waals surface area contributed by atoms with E-state index in [2.05, 4.69) is 15.1 Å². The van der Waals surface area contributed by atoms with E-state index in [-0.39, 0.29) is 5.91 Å². The number of H-pyrrole nitrogens is 1. The van der Waals surface area contributed by atoms with Crippen molar-refractivity contribution < 1.29 is 4.79 Å². The topological polar surface area (TPSA) is 68.0 Å². The quantitative estimate of drug-likeness (QED) is 0.625. The molecule has 0 aliphatic carbocycles. The summed E-state index contributed by atoms with van der Waals surface area (Å²) in [5.74, 6) is -0.155. The molecular weight excluding hydrogens is 194 g/mol. The third-order valence-electron chi connectivity index (χ3n) is 2.15. The molecule has 6 heteroatoms. The lowest BCUT2D eigenvalue weighted by molar-refractivity contribution is 0.0954. The average molecular weight is 201 g/mol. The van der Waals surface area contributed by atoms with E-state index in [1.165, 1.54) is 10.9 Å². The van der Waals surface area contributed by atoms with E-state index in [0.717, 1.165) is 5.65 Å². The molecule has 0 fully saturated rings. The van der Waals surface area contributed by atoms with Crippen LogP contribution in [-0.4, -0.2) is 30.1 Å². The highest BCUT2D eigenvalue weighted by atomic mass is 16.2. The number of hydrogen-bond acceptors (Lipinski definition) is 3. The minimum Gasteiger partial charge on any atom is -0.287 e. The lowest BCUT2D eigenvalue weighted by Gasteiger charge is -1.95. The van der Waals surface area contributed by atoms with Gasteiger partial charge in [-0.1, -0.05) is 0 Å². The van der Waals surface area contributed by atoms with Crippen molar-refractivity contribution in [3.63, 3.8) is 0 Å². The van der Waals surface area contributed by atoms with Crippen molar-refractivity contribution in [3.05, 3.63) is 42.9 Å². The second kappa shape index (κ2) is 2.81. The van der Waals surface area contributed by atoms with E-state index >= 15 is 0 Å². The Balaban J connectivity index is 2.07. The fourth-order valence-corrected chi connectivity index (χ4v) is 1.44. The Morgan fingerprint density at radius 2 is 2.27 bits per heavy atom. The van der Waals surface area contributed by atoms with Gasteiger partial charge in [0.15, 0.2) is 5.65 Å². The zero-order valence-electron chi connectivity index (χ0n) is 7.66. The molecule has 3 aromatic heterocycles. The maximum atomic E-state index is 11.8. The Bertz CT molecular complexity index is 575. The molecule has 0 aliphatic heterocycles. The zero-order valence-corrected chi connectivity index (χ0v) is 7.66. The van der Waals surface area contributed by atoms with Gasteiger partial charge in [-0.05, 0) is 0 Å². The minimum atomic E-state index is -0.155. The summed E-state index contributed by atoms with van der Waals surface area (Å²) in [6.07, 6.45) is 8.04. The molecule has 0 aromatic carbocycles. The SMILES string of the molecule is O=C(c1cc2nccn2[nH]1)n1ccnc1. The van der Waals surface area contributed by atoms with Gasteiger partial charge in [-0.25, -0.2) is 14.5 Å². The Kier molecular flexibility index (Phi) is 1.49. The van der Waals surface area contributed by atoms with E-state index in [1.807, 2.05) is 0 Å². The summed E-state index contributed by atoms with van der Waals surface area (Å²) in [5, 5.41) is 2.92. The fraction of sp³-hybridized carbons (Fsp3) is 0. The van der Waals surface area contributed by atoms with Gasteiger partial charge in [-0.15, -0.1) is 0 Å². The fourth-order valence-electron chi connectivity index (χ4n) is 1.44. The number of imidazole rings is 2. The average Bonchev–Trinajstić information content (AvgIpc) is 2.92. The molecule has 1 N–H and O–H groups in total. The number of carbonyl (C=O) groups is 1. The van der Waals surface area contributed by atoms with E-state index in [0.29, 0.717) is 5.69 Å². The van der Waals surface area contributed by atoms with Crippen LogP contribution in [0.5, 0.6) is 0 Å².